The molecule has 0 aliphatic carbocycles. The first-order chi connectivity index (χ1) is 18.5. The summed E-state index contributed by atoms with van der Waals surface area (Å²) in [5, 5.41) is 11.4. The molecule has 1 unspecified atom stereocenters. The number of carbonyl (C=O) groups excluding carboxylic acids is 2. The van der Waals surface area contributed by atoms with E-state index >= 15 is 0 Å². The number of nitrogens with zero attached hydrogens (tertiary/aromatic N) is 1. The lowest BCUT2D eigenvalue weighted by atomic mass is 9.95. The molecule has 0 bridgehead atoms. The van der Waals surface area contributed by atoms with E-state index in [-0.39, 0.29) is 11.3 Å². The molecule has 198 valence electrons. The van der Waals surface area contributed by atoms with Gasteiger partial charge >= 0.3 is 0 Å². The van der Waals surface area contributed by atoms with E-state index in [0.717, 1.165) is 36.1 Å². The summed E-state index contributed by atoms with van der Waals surface area (Å²) in [6, 6.07) is 23.5. The van der Waals surface area contributed by atoms with Gasteiger partial charge in [-0.25, -0.2) is 0 Å². The fraction of sp³-hybridized carbons (Fsp3) is 0.312. The minimum Gasteiger partial charge on any atom is -0.507 e. The normalized spacial score (nSPS) is 16.6. The summed E-state index contributed by atoms with van der Waals surface area (Å²) in [5.74, 6) is -0.192. The van der Waals surface area contributed by atoms with Gasteiger partial charge in [0.05, 0.1) is 24.8 Å². The second-order valence-electron chi connectivity index (χ2n) is 9.38. The average Bonchev–Trinajstić information content (AvgIpc) is 3.20. The van der Waals surface area contributed by atoms with Crippen LogP contribution in [0.3, 0.4) is 0 Å². The predicted octanol–water partition coefficient (Wildman–Crippen LogP) is 6.32. The smallest absolute Gasteiger partial charge is 0.295 e. The molecular formula is C32H35NO5. The second-order valence-corrected chi connectivity index (χ2v) is 9.38. The average molecular weight is 514 g/mol. The highest BCUT2D eigenvalue weighted by atomic mass is 16.5. The van der Waals surface area contributed by atoms with Crippen LogP contribution in [0, 0.1) is 0 Å². The van der Waals surface area contributed by atoms with Crippen molar-refractivity contribution in [2.75, 3.05) is 19.8 Å². The monoisotopic (exact) mass is 513 g/mol. The number of ether oxygens (including phenoxy) is 2. The summed E-state index contributed by atoms with van der Waals surface area (Å²) in [6.07, 6.45) is 3.44. The van der Waals surface area contributed by atoms with Crippen molar-refractivity contribution in [3.8, 4) is 11.5 Å². The lowest BCUT2D eigenvalue weighted by Crippen LogP contribution is -2.31. The van der Waals surface area contributed by atoms with Gasteiger partial charge in [-0.2, -0.15) is 0 Å². The Morgan fingerprint density at radius 2 is 1.58 bits per heavy atom. The van der Waals surface area contributed by atoms with Crippen molar-refractivity contribution in [1.29, 1.82) is 0 Å². The SMILES string of the molecule is CCCCOc1ccc(C2/C(=C(\O)c3cccc(OCCC)c3)C(=O)C(=O)N2CCc2ccccc2)cc1. The molecule has 0 saturated carbocycles. The highest BCUT2D eigenvalue weighted by Gasteiger charge is 2.45. The minimum absolute atomic E-state index is 0.0790. The van der Waals surface area contributed by atoms with E-state index in [2.05, 4.69) is 6.92 Å². The van der Waals surface area contributed by atoms with Crippen LogP contribution in [0.15, 0.2) is 84.4 Å². The third kappa shape index (κ3) is 6.25. The van der Waals surface area contributed by atoms with Gasteiger partial charge < -0.3 is 19.5 Å². The van der Waals surface area contributed by atoms with E-state index in [0.29, 0.717) is 37.5 Å². The Morgan fingerprint density at radius 3 is 2.29 bits per heavy atom. The third-order valence-electron chi connectivity index (χ3n) is 6.57. The zero-order valence-electron chi connectivity index (χ0n) is 22.1. The summed E-state index contributed by atoms with van der Waals surface area (Å²) in [6.45, 7) is 5.63. The van der Waals surface area contributed by atoms with Crippen LogP contribution in [-0.2, 0) is 16.0 Å². The zero-order chi connectivity index (χ0) is 26.9. The molecule has 1 aliphatic heterocycles. The molecule has 1 atom stereocenters. The fourth-order valence-corrected chi connectivity index (χ4v) is 4.54. The number of amides is 1. The number of hydrogen-bond acceptors (Lipinski definition) is 5. The van der Waals surface area contributed by atoms with Crippen LogP contribution in [0.4, 0.5) is 0 Å². The Morgan fingerprint density at radius 1 is 0.842 bits per heavy atom. The number of likely N-dealkylation sites (tertiary alicyclic amines) is 1. The number of hydrogen-bond donors (Lipinski definition) is 1. The zero-order valence-corrected chi connectivity index (χ0v) is 22.1. The minimum atomic E-state index is -0.719. The molecule has 6 nitrogen and oxygen atoms in total. The number of aliphatic hydroxyl groups is 1. The first-order valence-corrected chi connectivity index (χ1v) is 13.3. The number of rotatable bonds is 12. The van der Waals surface area contributed by atoms with Crippen molar-refractivity contribution in [3.05, 3.63) is 101 Å². The third-order valence-corrected chi connectivity index (χ3v) is 6.57. The lowest BCUT2D eigenvalue weighted by Gasteiger charge is -2.25. The topological polar surface area (TPSA) is 76.1 Å². The molecule has 6 heteroatoms. The summed E-state index contributed by atoms with van der Waals surface area (Å²) in [4.78, 5) is 28.2. The molecule has 3 aromatic rings. The second kappa shape index (κ2) is 13.0. The van der Waals surface area contributed by atoms with Crippen LogP contribution in [0.25, 0.3) is 5.76 Å². The predicted molar refractivity (Wildman–Crippen MR) is 148 cm³/mol. The standard InChI is InChI=1S/C32H35NO5/c1-3-5-21-38-26-16-14-24(15-17-26)29-28(30(34)25-12-9-13-27(22-25)37-20-4-2)31(35)32(36)33(29)19-18-23-10-7-6-8-11-23/h6-17,22,29,34H,3-5,18-21H2,1-2H3/b30-28+. The molecule has 1 saturated heterocycles. The molecular weight excluding hydrogens is 478 g/mol. The molecule has 1 fully saturated rings. The molecule has 38 heavy (non-hydrogen) atoms. The van der Waals surface area contributed by atoms with Crippen LogP contribution < -0.4 is 9.47 Å². The Balaban J connectivity index is 1.71. The first-order valence-electron chi connectivity index (χ1n) is 13.3. The van der Waals surface area contributed by atoms with Crippen molar-refractivity contribution >= 4 is 17.4 Å². The largest absolute Gasteiger partial charge is 0.507 e. The van der Waals surface area contributed by atoms with Gasteiger partial charge in [0.15, 0.2) is 0 Å². The Bertz CT molecular complexity index is 1270. The summed E-state index contributed by atoms with van der Waals surface area (Å²) < 4.78 is 11.5. The van der Waals surface area contributed by atoms with Crippen molar-refractivity contribution in [1.82, 2.24) is 4.90 Å². The van der Waals surface area contributed by atoms with Crippen LogP contribution in [-0.4, -0.2) is 41.5 Å². The van der Waals surface area contributed by atoms with Crippen molar-refractivity contribution in [2.45, 2.75) is 45.6 Å². The van der Waals surface area contributed by atoms with Gasteiger partial charge in [-0.05, 0) is 54.7 Å². The highest BCUT2D eigenvalue weighted by Crippen LogP contribution is 2.40. The Kier molecular flexibility index (Phi) is 9.20. The maximum Gasteiger partial charge on any atom is 0.295 e. The number of benzene rings is 3. The van der Waals surface area contributed by atoms with Crippen LogP contribution in [0.5, 0.6) is 11.5 Å². The summed E-state index contributed by atoms with van der Waals surface area (Å²) in [7, 11) is 0. The first kappa shape index (κ1) is 27.0. The summed E-state index contributed by atoms with van der Waals surface area (Å²) in [5.41, 5.74) is 2.31. The molecule has 3 aromatic carbocycles. The van der Waals surface area contributed by atoms with E-state index in [9.17, 15) is 14.7 Å². The molecule has 0 spiro atoms. The molecule has 1 aliphatic rings. The number of carbonyl (C=O) groups is 2. The maximum atomic E-state index is 13.4. The fourth-order valence-electron chi connectivity index (χ4n) is 4.54. The van der Waals surface area contributed by atoms with Gasteiger partial charge in [0, 0.05) is 12.1 Å². The molecule has 0 aromatic heterocycles. The van der Waals surface area contributed by atoms with Crippen LogP contribution in [0.2, 0.25) is 0 Å². The molecule has 1 N–H and O–H groups in total. The van der Waals surface area contributed by atoms with Crippen molar-refractivity contribution in [2.24, 2.45) is 0 Å². The van der Waals surface area contributed by atoms with E-state index in [1.807, 2.05) is 61.5 Å². The quantitative estimate of drug-likeness (QED) is 0.133. The van der Waals surface area contributed by atoms with Crippen molar-refractivity contribution < 1.29 is 24.2 Å². The van der Waals surface area contributed by atoms with E-state index in [1.165, 1.54) is 0 Å². The number of unbranched alkanes of at least 4 members (excludes halogenated alkanes) is 1. The molecule has 4 rings (SSSR count). The number of ketones is 1. The number of aliphatic hydroxyl groups excluding tert-OH is 1. The molecule has 1 amide bonds. The van der Waals surface area contributed by atoms with Crippen LogP contribution >= 0.6 is 0 Å². The Labute approximate surface area is 224 Å². The van der Waals surface area contributed by atoms with Gasteiger partial charge in [0.25, 0.3) is 11.7 Å². The van der Waals surface area contributed by atoms with Gasteiger partial charge in [-0.15, -0.1) is 0 Å². The van der Waals surface area contributed by atoms with E-state index in [1.54, 1.807) is 29.2 Å². The van der Waals surface area contributed by atoms with Crippen molar-refractivity contribution in [3.63, 3.8) is 0 Å². The summed E-state index contributed by atoms with van der Waals surface area (Å²) >= 11 is 0. The number of Topliss-reactive ketones (excluding diaryl/α,β-unsaturated/α-hetero) is 1. The van der Waals surface area contributed by atoms with Gasteiger partial charge in [0.1, 0.15) is 17.3 Å². The maximum absolute atomic E-state index is 13.4. The van der Waals surface area contributed by atoms with Crippen LogP contribution in [0.1, 0.15) is 55.8 Å². The Hall–Kier alpha value is -4.06. The van der Waals surface area contributed by atoms with E-state index in [4.69, 9.17) is 9.47 Å². The van der Waals surface area contributed by atoms with E-state index < -0.39 is 17.7 Å². The molecule has 1 heterocycles. The lowest BCUT2D eigenvalue weighted by molar-refractivity contribution is -0.139. The highest BCUT2D eigenvalue weighted by molar-refractivity contribution is 6.46. The van der Waals surface area contributed by atoms with Gasteiger partial charge in [-0.1, -0.05) is 74.9 Å². The van der Waals surface area contributed by atoms with Gasteiger partial charge in [-0.3, -0.25) is 9.59 Å². The molecule has 0 radical (unpaired) electrons. The van der Waals surface area contributed by atoms with Gasteiger partial charge in [0.2, 0.25) is 0 Å².